The van der Waals surface area contributed by atoms with E-state index in [1.165, 1.54) is 24.6 Å². The first-order valence-electron chi connectivity index (χ1n) is 7.13. The van der Waals surface area contributed by atoms with E-state index in [2.05, 4.69) is 17.2 Å². The molecule has 0 saturated heterocycles. The third kappa shape index (κ3) is 4.67. The Bertz CT molecular complexity index is 444. The fourth-order valence-electron chi connectivity index (χ4n) is 2.39. The van der Waals surface area contributed by atoms with Gasteiger partial charge in [-0.2, -0.15) is 0 Å². The first kappa shape index (κ1) is 15.6. The van der Waals surface area contributed by atoms with Crippen LogP contribution in [-0.2, 0) is 4.79 Å². The zero-order valence-corrected chi connectivity index (χ0v) is 13.5. The molecule has 0 aliphatic heterocycles. The monoisotopic (exact) mass is 312 g/mol. The number of carbonyl (C=O) groups excluding carboxylic acids is 1. The summed E-state index contributed by atoms with van der Waals surface area (Å²) in [5, 5.41) is 4.46. The second-order valence-electron chi connectivity index (χ2n) is 5.54. The number of hydrogen-bond donors (Lipinski definition) is 1. The maximum absolute atomic E-state index is 12.2. The predicted molar refractivity (Wildman–Crippen MR) is 84.1 cm³/mol. The van der Waals surface area contributed by atoms with Crippen molar-refractivity contribution in [2.75, 3.05) is 0 Å². The van der Waals surface area contributed by atoms with E-state index < -0.39 is 0 Å². The Morgan fingerprint density at radius 1 is 1.40 bits per heavy atom. The predicted octanol–water partition coefficient (Wildman–Crippen LogP) is 3.91. The molecule has 0 bridgehead atoms. The van der Waals surface area contributed by atoms with E-state index in [-0.39, 0.29) is 11.2 Å². The molecule has 1 aromatic rings. The van der Waals surface area contributed by atoms with Crippen LogP contribution in [0.3, 0.4) is 0 Å². The number of nitrogens with one attached hydrogen (secondary N) is 1. The third-order valence-electron chi connectivity index (χ3n) is 3.73. The number of rotatable bonds is 4. The minimum atomic E-state index is -0.136. The van der Waals surface area contributed by atoms with E-state index in [9.17, 15) is 4.79 Å². The fourth-order valence-corrected chi connectivity index (χ4v) is 3.30. The summed E-state index contributed by atoms with van der Waals surface area (Å²) < 4.78 is 0. The van der Waals surface area contributed by atoms with Gasteiger partial charge in [-0.25, -0.2) is 4.98 Å². The van der Waals surface area contributed by atoms with E-state index in [1.807, 2.05) is 13.0 Å². The maximum Gasteiger partial charge on any atom is 0.233 e. The van der Waals surface area contributed by atoms with Gasteiger partial charge in [-0.1, -0.05) is 30.3 Å². The summed E-state index contributed by atoms with van der Waals surface area (Å²) in [5.41, 5.74) is 0. The molecule has 1 fully saturated rings. The van der Waals surface area contributed by atoms with Gasteiger partial charge < -0.3 is 5.32 Å². The molecule has 20 heavy (non-hydrogen) atoms. The molecular weight excluding hydrogens is 292 g/mol. The average Bonchev–Trinajstić information content (AvgIpc) is 2.44. The van der Waals surface area contributed by atoms with Gasteiger partial charge >= 0.3 is 0 Å². The lowest BCUT2D eigenvalue weighted by molar-refractivity contribution is -0.121. The van der Waals surface area contributed by atoms with Gasteiger partial charge in [0, 0.05) is 12.2 Å². The van der Waals surface area contributed by atoms with E-state index in [0.29, 0.717) is 11.1 Å². The van der Waals surface area contributed by atoms with E-state index in [0.717, 1.165) is 23.8 Å². The van der Waals surface area contributed by atoms with Crippen LogP contribution in [0.25, 0.3) is 0 Å². The molecule has 0 aromatic carbocycles. The van der Waals surface area contributed by atoms with Gasteiger partial charge in [0.25, 0.3) is 0 Å². The highest BCUT2D eigenvalue weighted by Crippen LogP contribution is 2.25. The lowest BCUT2D eigenvalue weighted by atomic mass is 9.87. The summed E-state index contributed by atoms with van der Waals surface area (Å²) in [6, 6.07) is 3.99. The van der Waals surface area contributed by atoms with E-state index >= 15 is 0 Å². The van der Waals surface area contributed by atoms with Crippen molar-refractivity contribution in [3.63, 3.8) is 0 Å². The Morgan fingerprint density at radius 2 is 2.10 bits per heavy atom. The van der Waals surface area contributed by atoms with Crippen molar-refractivity contribution in [1.82, 2.24) is 10.3 Å². The number of hydrogen-bond acceptors (Lipinski definition) is 3. The smallest absolute Gasteiger partial charge is 0.233 e. The minimum absolute atomic E-state index is 0.103. The molecule has 1 aromatic heterocycles. The molecule has 1 amide bonds. The zero-order chi connectivity index (χ0) is 14.5. The summed E-state index contributed by atoms with van der Waals surface area (Å²) in [7, 11) is 0. The van der Waals surface area contributed by atoms with Gasteiger partial charge in [0.1, 0.15) is 0 Å². The summed E-state index contributed by atoms with van der Waals surface area (Å²) in [6.07, 6.45) is 6.24. The van der Waals surface area contributed by atoms with Crippen LogP contribution in [0.4, 0.5) is 0 Å². The molecule has 1 unspecified atom stereocenters. The molecule has 1 heterocycles. The molecule has 1 aliphatic carbocycles. The highest BCUT2D eigenvalue weighted by atomic mass is 35.5. The number of carbonyl (C=O) groups is 1. The molecule has 5 heteroatoms. The first-order chi connectivity index (χ1) is 9.54. The van der Waals surface area contributed by atoms with Crippen molar-refractivity contribution in [3.8, 4) is 0 Å². The second kappa shape index (κ2) is 7.32. The van der Waals surface area contributed by atoms with Crippen molar-refractivity contribution in [2.24, 2.45) is 5.92 Å². The van der Waals surface area contributed by atoms with Crippen LogP contribution < -0.4 is 5.32 Å². The summed E-state index contributed by atoms with van der Waals surface area (Å²) in [4.78, 5) is 16.4. The summed E-state index contributed by atoms with van der Waals surface area (Å²) in [5.74, 6) is 0.902. The van der Waals surface area contributed by atoms with Crippen LogP contribution in [0.15, 0.2) is 23.4 Å². The summed E-state index contributed by atoms with van der Waals surface area (Å²) >= 11 is 7.27. The van der Waals surface area contributed by atoms with Crippen molar-refractivity contribution in [1.29, 1.82) is 0 Å². The number of thioether (sulfide) groups is 1. The quantitative estimate of drug-likeness (QED) is 0.857. The number of nitrogens with zero attached hydrogens (tertiary/aromatic N) is 1. The fraction of sp³-hybridized carbons (Fsp3) is 0.600. The maximum atomic E-state index is 12.2. The molecule has 3 nitrogen and oxygen atoms in total. The number of amides is 1. The van der Waals surface area contributed by atoms with Crippen molar-refractivity contribution in [3.05, 3.63) is 23.4 Å². The normalized spacial score (nSPS) is 24.1. The van der Waals surface area contributed by atoms with Gasteiger partial charge in [-0.05, 0) is 50.7 Å². The van der Waals surface area contributed by atoms with Crippen LogP contribution in [0.1, 0.15) is 39.5 Å². The molecular formula is C15H21ClN2OS. The summed E-state index contributed by atoms with van der Waals surface area (Å²) in [6.45, 7) is 4.20. The Balaban J connectivity index is 1.81. The van der Waals surface area contributed by atoms with Crippen molar-refractivity contribution >= 4 is 29.3 Å². The van der Waals surface area contributed by atoms with Gasteiger partial charge in [0.05, 0.1) is 15.3 Å². The van der Waals surface area contributed by atoms with Crippen LogP contribution in [-0.4, -0.2) is 22.2 Å². The Morgan fingerprint density at radius 3 is 2.70 bits per heavy atom. The van der Waals surface area contributed by atoms with Gasteiger partial charge in [-0.15, -0.1) is 0 Å². The van der Waals surface area contributed by atoms with Gasteiger partial charge in [0.15, 0.2) is 0 Å². The highest BCUT2D eigenvalue weighted by molar-refractivity contribution is 8.00. The Labute approximate surface area is 129 Å². The third-order valence-corrected chi connectivity index (χ3v) is 5.00. The van der Waals surface area contributed by atoms with Gasteiger partial charge in [-0.3, -0.25) is 4.79 Å². The molecule has 1 saturated carbocycles. The molecule has 0 radical (unpaired) electrons. The largest absolute Gasteiger partial charge is 0.352 e. The lowest BCUT2D eigenvalue weighted by Gasteiger charge is -2.27. The second-order valence-corrected chi connectivity index (χ2v) is 7.34. The van der Waals surface area contributed by atoms with Gasteiger partial charge in [0.2, 0.25) is 5.91 Å². The first-order valence-corrected chi connectivity index (χ1v) is 8.39. The lowest BCUT2D eigenvalue weighted by Crippen LogP contribution is -2.41. The molecule has 110 valence electrons. The van der Waals surface area contributed by atoms with E-state index in [1.54, 1.807) is 12.3 Å². The molecule has 1 aliphatic rings. The molecule has 2 rings (SSSR count). The van der Waals surface area contributed by atoms with Crippen molar-refractivity contribution < 1.29 is 4.79 Å². The standard InChI is InChI=1S/C15H21ClN2OS/c1-10-3-6-13(7-4-10)18-15(19)11(2)20-14-8-5-12(16)9-17-14/h5,8-11,13H,3-4,6-7H2,1-2H3,(H,18,19). The highest BCUT2D eigenvalue weighted by Gasteiger charge is 2.22. The van der Waals surface area contributed by atoms with Crippen LogP contribution in [0, 0.1) is 5.92 Å². The average molecular weight is 313 g/mol. The molecule has 1 N–H and O–H groups in total. The number of aromatic nitrogens is 1. The number of halogens is 1. The number of pyridine rings is 1. The molecule has 0 spiro atoms. The topological polar surface area (TPSA) is 42.0 Å². The minimum Gasteiger partial charge on any atom is -0.352 e. The Hall–Kier alpha value is -0.740. The van der Waals surface area contributed by atoms with Crippen LogP contribution in [0.5, 0.6) is 0 Å². The Kier molecular flexibility index (Phi) is 5.73. The zero-order valence-electron chi connectivity index (χ0n) is 11.9. The van der Waals surface area contributed by atoms with E-state index in [4.69, 9.17) is 11.6 Å². The molecule has 1 atom stereocenters. The van der Waals surface area contributed by atoms with Crippen LogP contribution >= 0.6 is 23.4 Å². The SMILES string of the molecule is CC1CCC(NC(=O)C(C)Sc2ccc(Cl)cn2)CC1. The van der Waals surface area contributed by atoms with Crippen molar-refractivity contribution in [2.45, 2.75) is 55.8 Å². The van der Waals surface area contributed by atoms with Crippen LogP contribution in [0.2, 0.25) is 5.02 Å².